The van der Waals surface area contributed by atoms with Gasteiger partial charge in [0.05, 0.1) is 20.1 Å². The zero-order chi connectivity index (χ0) is 16.5. The molecule has 4 nitrogen and oxygen atoms in total. The first-order chi connectivity index (χ1) is 11.2. The van der Waals surface area contributed by atoms with Gasteiger partial charge in [-0.3, -0.25) is 4.79 Å². The Morgan fingerprint density at radius 2 is 1.71 bits per heavy atom. The van der Waals surface area contributed by atoms with Crippen molar-refractivity contribution in [1.29, 1.82) is 0 Å². The van der Waals surface area contributed by atoms with E-state index in [2.05, 4.69) is 17.4 Å². The highest BCUT2D eigenvalue weighted by molar-refractivity contribution is 5.96. The fourth-order valence-corrected chi connectivity index (χ4v) is 2.46. The van der Waals surface area contributed by atoms with E-state index in [0.29, 0.717) is 6.42 Å². The van der Waals surface area contributed by atoms with Gasteiger partial charge in [-0.15, -0.1) is 0 Å². The standard InChI is InChI=1S/C19H23NO3.ClH/c1-22-17-10-8-15(9-11-17)18(21)12-13-20-14-19(23-2)16-6-4-3-5-7-16;/h3-11,19-20H,12-14H2,1-2H3;1H. The molecule has 1 unspecified atom stereocenters. The molecule has 0 radical (unpaired) electrons. The molecule has 0 fully saturated rings. The summed E-state index contributed by atoms with van der Waals surface area (Å²) in [5.41, 5.74) is 1.89. The van der Waals surface area contributed by atoms with Crippen molar-refractivity contribution in [3.05, 3.63) is 65.7 Å². The fourth-order valence-electron chi connectivity index (χ4n) is 2.46. The molecule has 2 aromatic rings. The highest BCUT2D eigenvalue weighted by atomic mass is 35.5. The third-order valence-corrected chi connectivity index (χ3v) is 3.82. The summed E-state index contributed by atoms with van der Waals surface area (Å²) >= 11 is 0. The van der Waals surface area contributed by atoms with Crippen molar-refractivity contribution in [1.82, 2.24) is 0 Å². The summed E-state index contributed by atoms with van der Waals surface area (Å²) < 4.78 is 10.6. The van der Waals surface area contributed by atoms with Crippen molar-refractivity contribution in [2.24, 2.45) is 0 Å². The maximum Gasteiger partial charge on any atom is 0.168 e. The van der Waals surface area contributed by atoms with Gasteiger partial charge in [0.2, 0.25) is 0 Å². The van der Waals surface area contributed by atoms with E-state index in [0.717, 1.165) is 30.0 Å². The molecule has 5 heteroatoms. The van der Waals surface area contributed by atoms with E-state index < -0.39 is 0 Å². The van der Waals surface area contributed by atoms with Gasteiger partial charge in [0.1, 0.15) is 18.4 Å². The molecular weight excluding hydrogens is 326 g/mol. The van der Waals surface area contributed by atoms with E-state index in [1.807, 2.05) is 42.5 Å². The van der Waals surface area contributed by atoms with Crippen molar-refractivity contribution in [3.63, 3.8) is 0 Å². The zero-order valence-corrected chi connectivity index (χ0v) is 14.8. The number of nitrogens with two attached hydrogens (primary N) is 1. The van der Waals surface area contributed by atoms with E-state index in [4.69, 9.17) is 9.47 Å². The van der Waals surface area contributed by atoms with Crippen LogP contribution in [0.5, 0.6) is 5.75 Å². The largest absolute Gasteiger partial charge is 1.00 e. The summed E-state index contributed by atoms with van der Waals surface area (Å²) in [6.07, 6.45) is 0.560. The second-order valence-corrected chi connectivity index (χ2v) is 5.35. The van der Waals surface area contributed by atoms with Crippen molar-refractivity contribution in [2.75, 3.05) is 27.3 Å². The molecule has 2 rings (SSSR count). The summed E-state index contributed by atoms with van der Waals surface area (Å²) in [6, 6.07) is 17.4. The van der Waals surface area contributed by atoms with Crippen LogP contribution in [0.4, 0.5) is 0 Å². The Labute approximate surface area is 149 Å². The van der Waals surface area contributed by atoms with Gasteiger partial charge in [0, 0.05) is 12.7 Å². The molecule has 0 aliphatic rings. The highest BCUT2D eigenvalue weighted by Crippen LogP contribution is 2.14. The van der Waals surface area contributed by atoms with Crippen LogP contribution in [0, 0.1) is 0 Å². The zero-order valence-electron chi connectivity index (χ0n) is 14.1. The number of carbonyl (C=O) groups excluding carboxylic acids is 1. The second-order valence-electron chi connectivity index (χ2n) is 5.35. The number of halogens is 1. The molecule has 0 aromatic heterocycles. The Morgan fingerprint density at radius 1 is 1.04 bits per heavy atom. The quantitative estimate of drug-likeness (QED) is 0.477. The molecule has 0 heterocycles. The molecule has 130 valence electrons. The second kappa shape index (κ2) is 10.8. The number of rotatable bonds is 9. The number of ketones is 1. The summed E-state index contributed by atoms with van der Waals surface area (Å²) in [5, 5.41) is 2.13. The van der Waals surface area contributed by atoms with Crippen LogP contribution in [0.1, 0.15) is 28.4 Å². The minimum absolute atomic E-state index is 0. The highest BCUT2D eigenvalue weighted by Gasteiger charge is 2.13. The van der Waals surface area contributed by atoms with Crippen molar-refractivity contribution in [3.8, 4) is 5.75 Å². The Balaban J connectivity index is 0.00000288. The molecule has 0 amide bonds. The van der Waals surface area contributed by atoms with E-state index >= 15 is 0 Å². The Kier molecular flexibility index (Phi) is 9.08. The lowest BCUT2D eigenvalue weighted by Gasteiger charge is -2.14. The van der Waals surface area contributed by atoms with Gasteiger partial charge in [-0.1, -0.05) is 30.3 Å². The van der Waals surface area contributed by atoms with Gasteiger partial charge in [-0.25, -0.2) is 0 Å². The SMILES string of the molecule is COc1ccc(C(=O)CC[NH2+]CC(OC)c2ccccc2)cc1.[Cl-]. The van der Waals surface area contributed by atoms with Crippen LogP contribution in [-0.2, 0) is 4.74 Å². The Bertz CT molecular complexity index is 602. The molecule has 0 saturated carbocycles. The molecule has 2 aromatic carbocycles. The molecule has 0 aliphatic heterocycles. The summed E-state index contributed by atoms with van der Waals surface area (Å²) in [6.45, 7) is 1.55. The number of quaternary nitrogens is 1. The number of methoxy groups -OCH3 is 2. The van der Waals surface area contributed by atoms with Crippen LogP contribution in [0.3, 0.4) is 0 Å². The first-order valence-corrected chi connectivity index (χ1v) is 7.81. The van der Waals surface area contributed by atoms with Gasteiger partial charge in [-0.05, 0) is 29.8 Å². The molecule has 0 aliphatic carbocycles. The number of carbonyl (C=O) groups is 1. The summed E-state index contributed by atoms with van der Waals surface area (Å²) in [7, 11) is 3.33. The summed E-state index contributed by atoms with van der Waals surface area (Å²) in [5.74, 6) is 0.913. The predicted octanol–water partition coefficient (Wildman–Crippen LogP) is -0.777. The van der Waals surface area contributed by atoms with Gasteiger partial charge in [0.25, 0.3) is 0 Å². The first kappa shape index (κ1) is 20.2. The van der Waals surface area contributed by atoms with Crippen LogP contribution in [-0.4, -0.2) is 33.1 Å². The molecular formula is C19H24ClNO3. The first-order valence-electron chi connectivity index (χ1n) is 7.81. The maximum atomic E-state index is 12.1. The molecule has 1 atom stereocenters. The lowest BCUT2D eigenvalue weighted by Crippen LogP contribution is -3.00. The van der Waals surface area contributed by atoms with Crippen molar-refractivity contribution in [2.45, 2.75) is 12.5 Å². The maximum absolute atomic E-state index is 12.1. The van der Waals surface area contributed by atoms with E-state index in [-0.39, 0.29) is 24.3 Å². The average Bonchev–Trinajstić information content (AvgIpc) is 2.62. The van der Waals surface area contributed by atoms with Crippen LogP contribution < -0.4 is 22.5 Å². The van der Waals surface area contributed by atoms with Gasteiger partial charge >= 0.3 is 0 Å². The van der Waals surface area contributed by atoms with Gasteiger partial charge in [-0.2, -0.15) is 0 Å². The van der Waals surface area contributed by atoms with Crippen molar-refractivity contribution >= 4 is 5.78 Å². The van der Waals surface area contributed by atoms with Crippen LogP contribution >= 0.6 is 0 Å². The van der Waals surface area contributed by atoms with Crippen molar-refractivity contribution < 1.29 is 32.0 Å². The van der Waals surface area contributed by atoms with Crippen LogP contribution in [0.25, 0.3) is 0 Å². The number of Topliss-reactive ketones (excluding diaryl/α,β-unsaturated/α-hetero) is 1. The normalized spacial score (nSPS) is 11.4. The number of ether oxygens (including phenoxy) is 2. The molecule has 0 saturated heterocycles. The van der Waals surface area contributed by atoms with E-state index in [9.17, 15) is 4.79 Å². The molecule has 0 bridgehead atoms. The molecule has 0 spiro atoms. The number of hydrogen-bond donors (Lipinski definition) is 1. The fraction of sp³-hybridized carbons (Fsp3) is 0.316. The third-order valence-electron chi connectivity index (χ3n) is 3.82. The topological polar surface area (TPSA) is 52.1 Å². The Morgan fingerprint density at radius 3 is 2.29 bits per heavy atom. The van der Waals surface area contributed by atoms with Crippen LogP contribution in [0.15, 0.2) is 54.6 Å². The lowest BCUT2D eigenvalue weighted by molar-refractivity contribution is -0.661. The smallest absolute Gasteiger partial charge is 0.168 e. The number of benzene rings is 2. The monoisotopic (exact) mass is 349 g/mol. The van der Waals surface area contributed by atoms with Gasteiger partial charge in [0.15, 0.2) is 5.78 Å². The summed E-state index contributed by atoms with van der Waals surface area (Å²) in [4.78, 5) is 12.1. The van der Waals surface area contributed by atoms with Gasteiger partial charge < -0.3 is 27.2 Å². The Hall–Kier alpha value is -1.88. The van der Waals surface area contributed by atoms with E-state index in [1.165, 1.54) is 0 Å². The van der Waals surface area contributed by atoms with Crippen LogP contribution in [0.2, 0.25) is 0 Å². The predicted molar refractivity (Wildman–Crippen MR) is 89.8 cm³/mol. The third kappa shape index (κ3) is 5.96. The minimum Gasteiger partial charge on any atom is -1.00 e. The molecule has 2 N–H and O–H groups in total. The van der Waals surface area contributed by atoms with E-state index in [1.54, 1.807) is 14.2 Å². The average molecular weight is 350 g/mol. The minimum atomic E-state index is 0. The molecule has 24 heavy (non-hydrogen) atoms. The lowest BCUT2D eigenvalue weighted by atomic mass is 10.1. The number of hydrogen-bond acceptors (Lipinski definition) is 3.